The summed E-state index contributed by atoms with van der Waals surface area (Å²) in [5.41, 5.74) is 11.5. The Morgan fingerprint density at radius 2 is 1.86 bits per heavy atom. The number of hydrogen-bond donors (Lipinski definition) is 4. The van der Waals surface area contributed by atoms with Crippen LogP contribution in [-0.4, -0.2) is 32.8 Å². The van der Waals surface area contributed by atoms with Gasteiger partial charge in [-0.05, 0) is 29.5 Å². The summed E-state index contributed by atoms with van der Waals surface area (Å²) in [5, 5.41) is 7.96. The fraction of sp³-hybridized carbons (Fsp3) is 0.211. The molecule has 0 spiro atoms. The maximum absolute atomic E-state index is 11.7. The maximum Gasteiger partial charge on any atom is 0.271 e. The normalized spacial score (nSPS) is 12.0. The third-order valence-electron chi connectivity index (χ3n) is 4.19. The van der Waals surface area contributed by atoms with Crippen molar-refractivity contribution in [3.8, 4) is 0 Å². The fourth-order valence-corrected chi connectivity index (χ4v) is 2.75. The van der Waals surface area contributed by atoms with E-state index < -0.39 is 17.9 Å². The number of benzene rings is 1. The molecule has 144 valence electrons. The first-order valence-corrected chi connectivity index (χ1v) is 8.68. The fourth-order valence-electron chi connectivity index (χ4n) is 2.75. The summed E-state index contributed by atoms with van der Waals surface area (Å²) in [7, 11) is 0. The van der Waals surface area contributed by atoms with Crippen LogP contribution in [0.5, 0.6) is 0 Å². The maximum atomic E-state index is 11.7. The predicted molar refractivity (Wildman–Crippen MR) is 107 cm³/mol. The number of nitrogens with one attached hydrogen (secondary N) is 2. The van der Waals surface area contributed by atoms with E-state index in [0.717, 1.165) is 10.8 Å². The minimum Gasteiger partial charge on any atom is -0.368 e. The van der Waals surface area contributed by atoms with Crippen LogP contribution < -0.4 is 22.1 Å². The molecule has 0 aliphatic heterocycles. The molecule has 0 saturated carbocycles. The molecule has 28 heavy (non-hydrogen) atoms. The Balaban J connectivity index is 1.95. The van der Waals surface area contributed by atoms with Crippen molar-refractivity contribution >= 4 is 39.9 Å². The average Bonchev–Trinajstić information content (AvgIpc) is 2.65. The number of pyridine rings is 1. The van der Waals surface area contributed by atoms with Crippen LogP contribution in [0.4, 0.5) is 17.3 Å². The lowest BCUT2D eigenvalue weighted by Crippen LogP contribution is -2.39. The van der Waals surface area contributed by atoms with Crippen molar-refractivity contribution in [1.29, 1.82) is 0 Å². The van der Waals surface area contributed by atoms with E-state index in [0.29, 0.717) is 11.5 Å². The van der Waals surface area contributed by atoms with E-state index in [9.17, 15) is 9.59 Å². The van der Waals surface area contributed by atoms with Gasteiger partial charge in [-0.3, -0.25) is 14.6 Å². The number of aromatic nitrogens is 3. The Labute approximate surface area is 161 Å². The summed E-state index contributed by atoms with van der Waals surface area (Å²) < 4.78 is 0. The molecule has 1 atom stereocenters. The zero-order valence-electron chi connectivity index (χ0n) is 15.5. The highest BCUT2D eigenvalue weighted by Gasteiger charge is 2.21. The summed E-state index contributed by atoms with van der Waals surface area (Å²) in [6, 6.07) is 6.90. The number of amides is 2. The van der Waals surface area contributed by atoms with Crippen LogP contribution in [-0.2, 0) is 4.79 Å². The molecule has 0 fully saturated rings. The quantitative estimate of drug-likeness (QED) is 0.489. The van der Waals surface area contributed by atoms with Crippen LogP contribution in [0.1, 0.15) is 24.3 Å². The van der Waals surface area contributed by atoms with E-state index in [1.807, 2.05) is 38.1 Å². The standard InChI is InChI=1S/C19H21N7O2/c1-10(2)15(17(20)27)25-14-9-23-16(18(21)28)19(26-14)24-13-4-3-11-5-6-22-8-12(11)7-13/h3-10,15H,1-2H3,(H2,20,27)(H2,21,28)(H2,24,25,26). The number of primary amides is 2. The Bertz CT molecular complexity index is 1040. The van der Waals surface area contributed by atoms with Gasteiger partial charge in [0.1, 0.15) is 11.9 Å². The molecule has 9 heteroatoms. The van der Waals surface area contributed by atoms with E-state index in [2.05, 4.69) is 25.6 Å². The van der Waals surface area contributed by atoms with Gasteiger partial charge in [-0.25, -0.2) is 9.97 Å². The number of fused-ring (bicyclic) bond motifs is 1. The molecule has 3 aromatic rings. The number of carbonyl (C=O) groups excluding carboxylic acids is 2. The van der Waals surface area contributed by atoms with Gasteiger partial charge in [0.15, 0.2) is 11.5 Å². The molecule has 3 rings (SSSR count). The minimum atomic E-state index is -0.723. The molecule has 1 unspecified atom stereocenters. The van der Waals surface area contributed by atoms with Gasteiger partial charge in [0.2, 0.25) is 5.91 Å². The Morgan fingerprint density at radius 3 is 2.54 bits per heavy atom. The predicted octanol–water partition coefficient (Wildman–Crippen LogP) is 1.79. The molecule has 0 radical (unpaired) electrons. The number of nitrogens with zero attached hydrogens (tertiary/aromatic N) is 3. The van der Waals surface area contributed by atoms with E-state index >= 15 is 0 Å². The van der Waals surface area contributed by atoms with Crippen LogP contribution in [0.15, 0.2) is 42.9 Å². The van der Waals surface area contributed by atoms with Crippen LogP contribution in [0.25, 0.3) is 10.8 Å². The van der Waals surface area contributed by atoms with E-state index in [1.165, 1.54) is 6.20 Å². The largest absolute Gasteiger partial charge is 0.368 e. The highest BCUT2D eigenvalue weighted by atomic mass is 16.1. The second-order valence-corrected chi connectivity index (χ2v) is 6.65. The van der Waals surface area contributed by atoms with E-state index in [1.54, 1.807) is 12.4 Å². The summed E-state index contributed by atoms with van der Waals surface area (Å²) >= 11 is 0. The molecule has 0 aliphatic carbocycles. The van der Waals surface area contributed by atoms with Crippen LogP contribution in [0.2, 0.25) is 0 Å². The van der Waals surface area contributed by atoms with Gasteiger partial charge < -0.3 is 22.1 Å². The molecule has 1 aromatic carbocycles. The van der Waals surface area contributed by atoms with Gasteiger partial charge in [0.25, 0.3) is 5.91 Å². The molecular formula is C19H21N7O2. The molecule has 6 N–H and O–H groups in total. The number of carbonyl (C=O) groups is 2. The molecule has 0 aliphatic rings. The van der Waals surface area contributed by atoms with Gasteiger partial charge in [-0.1, -0.05) is 19.9 Å². The summed E-state index contributed by atoms with van der Waals surface area (Å²) in [5.74, 6) is -0.814. The smallest absolute Gasteiger partial charge is 0.271 e. The van der Waals surface area contributed by atoms with Gasteiger partial charge in [-0.15, -0.1) is 0 Å². The molecule has 0 bridgehead atoms. The summed E-state index contributed by atoms with van der Waals surface area (Å²) in [6.07, 6.45) is 4.79. The van der Waals surface area contributed by atoms with Gasteiger partial charge >= 0.3 is 0 Å². The molecule has 9 nitrogen and oxygen atoms in total. The van der Waals surface area contributed by atoms with E-state index in [4.69, 9.17) is 11.5 Å². The first-order valence-electron chi connectivity index (χ1n) is 8.68. The van der Waals surface area contributed by atoms with Gasteiger partial charge in [0, 0.05) is 23.5 Å². The lowest BCUT2D eigenvalue weighted by atomic mass is 10.0. The van der Waals surface area contributed by atoms with Crippen molar-refractivity contribution in [2.45, 2.75) is 19.9 Å². The second kappa shape index (κ2) is 7.87. The van der Waals surface area contributed by atoms with Crippen LogP contribution >= 0.6 is 0 Å². The van der Waals surface area contributed by atoms with Gasteiger partial charge in [0.05, 0.1) is 6.20 Å². The summed E-state index contributed by atoms with van der Waals surface area (Å²) in [6.45, 7) is 3.71. The van der Waals surface area contributed by atoms with Crippen molar-refractivity contribution in [3.05, 3.63) is 48.5 Å². The first kappa shape index (κ1) is 19.0. The molecule has 0 saturated heterocycles. The van der Waals surface area contributed by atoms with Crippen molar-refractivity contribution in [1.82, 2.24) is 15.0 Å². The van der Waals surface area contributed by atoms with Crippen molar-refractivity contribution in [2.24, 2.45) is 17.4 Å². The van der Waals surface area contributed by atoms with Crippen LogP contribution in [0, 0.1) is 5.92 Å². The lowest BCUT2D eigenvalue weighted by molar-refractivity contribution is -0.119. The molecule has 2 amide bonds. The second-order valence-electron chi connectivity index (χ2n) is 6.65. The number of nitrogens with two attached hydrogens (primary N) is 2. The highest BCUT2D eigenvalue weighted by molar-refractivity contribution is 5.97. The van der Waals surface area contributed by atoms with Crippen molar-refractivity contribution in [2.75, 3.05) is 10.6 Å². The summed E-state index contributed by atoms with van der Waals surface area (Å²) in [4.78, 5) is 35.9. The Hall–Kier alpha value is -3.75. The van der Waals surface area contributed by atoms with Crippen molar-refractivity contribution in [3.63, 3.8) is 0 Å². The first-order chi connectivity index (χ1) is 13.3. The van der Waals surface area contributed by atoms with Crippen molar-refractivity contribution < 1.29 is 9.59 Å². The number of rotatable bonds is 7. The highest BCUT2D eigenvalue weighted by Crippen LogP contribution is 2.23. The van der Waals surface area contributed by atoms with E-state index in [-0.39, 0.29) is 17.4 Å². The van der Waals surface area contributed by atoms with Gasteiger partial charge in [-0.2, -0.15) is 0 Å². The zero-order chi connectivity index (χ0) is 20.3. The lowest BCUT2D eigenvalue weighted by Gasteiger charge is -2.20. The zero-order valence-corrected chi connectivity index (χ0v) is 15.5. The molecule has 2 heterocycles. The monoisotopic (exact) mass is 379 g/mol. The topological polar surface area (TPSA) is 149 Å². The number of anilines is 3. The molecular weight excluding hydrogens is 358 g/mol. The SMILES string of the molecule is CC(C)C(Nc1cnc(C(N)=O)c(Nc2ccc3ccncc3c2)n1)C(N)=O. The third-order valence-corrected chi connectivity index (χ3v) is 4.19. The third kappa shape index (κ3) is 4.14. The van der Waals surface area contributed by atoms with Crippen LogP contribution in [0.3, 0.4) is 0 Å². The Kier molecular flexibility index (Phi) is 5.35. The Morgan fingerprint density at radius 1 is 1.07 bits per heavy atom. The number of hydrogen-bond acceptors (Lipinski definition) is 7. The molecule has 2 aromatic heterocycles. The minimum absolute atomic E-state index is 0.0167. The average molecular weight is 379 g/mol.